The Kier molecular flexibility index (Phi) is 2.46. The second kappa shape index (κ2) is 3.76. The minimum absolute atomic E-state index is 0.493. The maximum Gasteiger partial charge on any atom is 0.0533 e. The molecule has 0 aliphatic carbocycles. The molecule has 1 unspecified atom stereocenters. The van der Waals surface area contributed by atoms with Crippen LogP contribution in [-0.4, -0.2) is 11.1 Å². The fraction of sp³-hybridized carbons (Fsp3) is 0.429. The predicted molar refractivity (Wildman–Crippen MR) is 72.8 cm³/mol. The first kappa shape index (κ1) is 11.1. The quantitative estimate of drug-likeness (QED) is 0.754. The summed E-state index contributed by atoms with van der Waals surface area (Å²) in [6.45, 7) is 8.58. The Labute approximate surface area is 107 Å². The number of hydrogen-bond donors (Lipinski definition) is 1. The Morgan fingerprint density at radius 3 is 2.82 bits per heavy atom. The van der Waals surface area contributed by atoms with Crippen LogP contribution < -0.4 is 5.32 Å². The maximum atomic E-state index is 6.26. The van der Waals surface area contributed by atoms with Gasteiger partial charge in [-0.1, -0.05) is 17.7 Å². The zero-order chi connectivity index (χ0) is 12.2. The molecule has 1 N–H and O–H groups in total. The molecule has 3 rings (SSSR count). The highest BCUT2D eigenvalue weighted by Crippen LogP contribution is 2.35. The molecular weight excluding hydrogens is 232 g/mol. The molecule has 0 fully saturated rings. The predicted octanol–water partition coefficient (Wildman–Crippen LogP) is 3.58. The highest BCUT2D eigenvalue weighted by molar-refractivity contribution is 6.32. The molecule has 3 heteroatoms. The molecule has 1 aliphatic heterocycles. The van der Waals surface area contributed by atoms with E-state index in [1.165, 1.54) is 27.7 Å². The Hall–Kier alpha value is -0.990. The van der Waals surface area contributed by atoms with Crippen LogP contribution in [0.3, 0.4) is 0 Å². The molecule has 0 spiro atoms. The van der Waals surface area contributed by atoms with Gasteiger partial charge >= 0.3 is 0 Å². The second-order valence-electron chi connectivity index (χ2n) is 4.99. The fourth-order valence-electron chi connectivity index (χ4n) is 2.95. The van der Waals surface area contributed by atoms with Crippen molar-refractivity contribution in [3.63, 3.8) is 0 Å². The van der Waals surface area contributed by atoms with E-state index >= 15 is 0 Å². The average molecular weight is 249 g/mol. The number of aromatic nitrogens is 1. The van der Waals surface area contributed by atoms with Crippen molar-refractivity contribution >= 4 is 22.5 Å². The van der Waals surface area contributed by atoms with E-state index < -0.39 is 0 Å². The standard InChI is InChI=1S/C14H17ClN2/c1-8-6-16-7-13-9(2)11-4-5-12(15)10(3)14(11)17(8)13/h4-5,8,16H,6-7H2,1-3H3. The number of nitrogens with zero attached hydrogens (tertiary/aromatic N) is 1. The molecule has 0 radical (unpaired) electrons. The summed E-state index contributed by atoms with van der Waals surface area (Å²) in [6, 6.07) is 4.65. The summed E-state index contributed by atoms with van der Waals surface area (Å²) < 4.78 is 2.46. The van der Waals surface area contributed by atoms with E-state index in [1.54, 1.807) is 0 Å². The number of fused-ring (bicyclic) bond motifs is 3. The molecule has 0 saturated carbocycles. The summed E-state index contributed by atoms with van der Waals surface area (Å²) in [5.74, 6) is 0. The fourth-order valence-corrected chi connectivity index (χ4v) is 3.11. The van der Waals surface area contributed by atoms with Gasteiger partial charge < -0.3 is 9.88 Å². The molecule has 90 valence electrons. The van der Waals surface area contributed by atoms with Crippen LogP contribution in [0.5, 0.6) is 0 Å². The van der Waals surface area contributed by atoms with Crippen molar-refractivity contribution in [2.75, 3.05) is 6.54 Å². The van der Waals surface area contributed by atoms with E-state index in [1.807, 2.05) is 6.07 Å². The van der Waals surface area contributed by atoms with Gasteiger partial charge in [0.25, 0.3) is 0 Å². The van der Waals surface area contributed by atoms with E-state index in [0.29, 0.717) is 6.04 Å². The van der Waals surface area contributed by atoms with Gasteiger partial charge in [0.2, 0.25) is 0 Å². The lowest BCUT2D eigenvalue weighted by Crippen LogP contribution is -2.31. The van der Waals surface area contributed by atoms with Gasteiger partial charge in [0.05, 0.1) is 5.52 Å². The normalized spacial score (nSPS) is 19.6. The van der Waals surface area contributed by atoms with Crippen LogP contribution in [0.25, 0.3) is 10.9 Å². The first-order valence-corrected chi connectivity index (χ1v) is 6.48. The third kappa shape index (κ3) is 1.44. The lowest BCUT2D eigenvalue weighted by molar-refractivity contribution is 0.437. The summed E-state index contributed by atoms with van der Waals surface area (Å²) in [5, 5.41) is 5.68. The van der Waals surface area contributed by atoms with E-state index in [-0.39, 0.29) is 0 Å². The van der Waals surface area contributed by atoms with Gasteiger partial charge in [0.1, 0.15) is 0 Å². The van der Waals surface area contributed by atoms with Crippen molar-refractivity contribution in [1.29, 1.82) is 0 Å². The number of rotatable bonds is 0. The summed E-state index contributed by atoms with van der Waals surface area (Å²) in [6.07, 6.45) is 0. The summed E-state index contributed by atoms with van der Waals surface area (Å²) in [7, 11) is 0. The molecule has 17 heavy (non-hydrogen) atoms. The third-order valence-electron chi connectivity index (χ3n) is 3.91. The largest absolute Gasteiger partial charge is 0.339 e. The molecule has 1 aromatic heterocycles. The van der Waals surface area contributed by atoms with Gasteiger partial charge in [-0.15, -0.1) is 0 Å². The average Bonchev–Trinajstić information content (AvgIpc) is 2.60. The van der Waals surface area contributed by atoms with Crippen LogP contribution in [0.4, 0.5) is 0 Å². The molecule has 0 amide bonds. The summed E-state index contributed by atoms with van der Waals surface area (Å²) in [5.41, 5.74) is 5.31. The van der Waals surface area contributed by atoms with E-state index in [0.717, 1.165) is 18.1 Å². The zero-order valence-corrected chi connectivity index (χ0v) is 11.2. The van der Waals surface area contributed by atoms with Crippen LogP contribution >= 0.6 is 11.6 Å². The number of hydrogen-bond acceptors (Lipinski definition) is 1. The minimum atomic E-state index is 0.493. The number of benzene rings is 1. The van der Waals surface area contributed by atoms with Gasteiger partial charge in [0.15, 0.2) is 0 Å². The van der Waals surface area contributed by atoms with Crippen molar-refractivity contribution in [2.45, 2.75) is 33.4 Å². The van der Waals surface area contributed by atoms with Crippen molar-refractivity contribution < 1.29 is 0 Å². The molecule has 0 saturated heterocycles. The minimum Gasteiger partial charge on any atom is -0.339 e. The van der Waals surface area contributed by atoms with Gasteiger partial charge in [-0.3, -0.25) is 0 Å². The molecular formula is C14H17ClN2. The lowest BCUT2D eigenvalue weighted by atomic mass is 10.1. The first-order valence-electron chi connectivity index (χ1n) is 6.10. The highest BCUT2D eigenvalue weighted by Gasteiger charge is 2.23. The number of nitrogens with one attached hydrogen (secondary N) is 1. The molecule has 2 heterocycles. The van der Waals surface area contributed by atoms with Crippen molar-refractivity contribution in [3.8, 4) is 0 Å². The molecule has 2 aromatic rings. The number of aryl methyl sites for hydroxylation is 2. The molecule has 1 aromatic carbocycles. The van der Waals surface area contributed by atoms with Crippen molar-refractivity contribution in [1.82, 2.24) is 9.88 Å². The van der Waals surface area contributed by atoms with Crippen LogP contribution in [0, 0.1) is 13.8 Å². The zero-order valence-electron chi connectivity index (χ0n) is 10.5. The Morgan fingerprint density at radius 2 is 2.06 bits per heavy atom. The second-order valence-corrected chi connectivity index (χ2v) is 5.40. The van der Waals surface area contributed by atoms with Gasteiger partial charge in [-0.05, 0) is 38.0 Å². The smallest absolute Gasteiger partial charge is 0.0533 e. The molecule has 0 bridgehead atoms. The highest BCUT2D eigenvalue weighted by atomic mass is 35.5. The first-order chi connectivity index (χ1) is 8.11. The Bertz CT molecular complexity index is 598. The summed E-state index contributed by atoms with van der Waals surface area (Å²) in [4.78, 5) is 0. The van der Waals surface area contributed by atoms with E-state index in [9.17, 15) is 0 Å². The van der Waals surface area contributed by atoms with E-state index in [4.69, 9.17) is 11.6 Å². The van der Waals surface area contributed by atoms with Gasteiger partial charge in [0, 0.05) is 35.2 Å². The topological polar surface area (TPSA) is 17.0 Å². The lowest BCUT2D eigenvalue weighted by Gasteiger charge is -2.25. The maximum absolute atomic E-state index is 6.26. The molecule has 2 nitrogen and oxygen atoms in total. The Balaban J connectivity index is 2.46. The summed E-state index contributed by atoms with van der Waals surface area (Å²) >= 11 is 6.26. The van der Waals surface area contributed by atoms with Crippen molar-refractivity contribution in [2.24, 2.45) is 0 Å². The monoisotopic (exact) mass is 248 g/mol. The van der Waals surface area contributed by atoms with E-state index in [2.05, 4.69) is 36.7 Å². The molecule has 1 atom stereocenters. The van der Waals surface area contributed by atoms with Gasteiger partial charge in [-0.25, -0.2) is 0 Å². The van der Waals surface area contributed by atoms with Crippen LogP contribution in [0.1, 0.15) is 29.8 Å². The van der Waals surface area contributed by atoms with Crippen LogP contribution in [0.15, 0.2) is 12.1 Å². The van der Waals surface area contributed by atoms with Gasteiger partial charge in [-0.2, -0.15) is 0 Å². The van der Waals surface area contributed by atoms with Crippen molar-refractivity contribution in [3.05, 3.63) is 34.0 Å². The molecule has 1 aliphatic rings. The van der Waals surface area contributed by atoms with Crippen LogP contribution in [0.2, 0.25) is 5.02 Å². The number of halogens is 1. The SMILES string of the molecule is Cc1c2n(c3c(C)c(Cl)ccc13)C(C)CNC2. The third-order valence-corrected chi connectivity index (χ3v) is 4.32. The Morgan fingerprint density at radius 1 is 1.29 bits per heavy atom. The van der Waals surface area contributed by atoms with Crippen LogP contribution in [-0.2, 0) is 6.54 Å².